The van der Waals surface area contributed by atoms with Crippen LogP contribution in [-0.4, -0.2) is 48.2 Å². The summed E-state index contributed by atoms with van der Waals surface area (Å²) in [4.78, 5) is 36.7. The van der Waals surface area contributed by atoms with Crippen molar-refractivity contribution in [2.24, 2.45) is 0 Å². The maximum atomic E-state index is 13.2. The number of nitro groups is 1. The Bertz CT molecular complexity index is 1340. The van der Waals surface area contributed by atoms with E-state index in [9.17, 15) is 28.5 Å². The number of alkyl halides is 2. The van der Waals surface area contributed by atoms with Crippen molar-refractivity contribution in [2.45, 2.75) is 33.5 Å². The van der Waals surface area contributed by atoms with Crippen LogP contribution < -0.4 is 14.2 Å². The topological polar surface area (TPSA) is 119 Å². The van der Waals surface area contributed by atoms with Crippen LogP contribution in [0.5, 0.6) is 17.2 Å². The summed E-state index contributed by atoms with van der Waals surface area (Å²) in [5.74, 6) is -1.50. The fraction of sp³-hybridized carbons (Fsp3) is 0.280. The van der Waals surface area contributed by atoms with Gasteiger partial charge in [-0.25, -0.2) is 4.79 Å². The van der Waals surface area contributed by atoms with Gasteiger partial charge in [0.05, 0.1) is 25.2 Å². The molecule has 0 bridgehead atoms. The molecule has 1 atom stereocenters. The lowest BCUT2D eigenvalue weighted by molar-refractivity contribution is -0.385. The fourth-order valence-electron chi connectivity index (χ4n) is 3.87. The molecule has 196 valence electrons. The van der Waals surface area contributed by atoms with Crippen LogP contribution in [-0.2, 0) is 4.74 Å². The van der Waals surface area contributed by atoms with Gasteiger partial charge in [0.1, 0.15) is 11.3 Å². The Morgan fingerprint density at radius 3 is 2.11 bits per heavy atom. The van der Waals surface area contributed by atoms with E-state index in [-0.39, 0.29) is 22.8 Å². The van der Waals surface area contributed by atoms with Crippen LogP contribution in [0.3, 0.4) is 0 Å². The van der Waals surface area contributed by atoms with E-state index in [0.29, 0.717) is 17.1 Å². The molecule has 1 heterocycles. The van der Waals surface area contributed by atoms with Crippen molar-refractivity contribution >= 4 is 17.4 Å². The minimum absolute atomic E-state index is 0.0118. The number of methoxy groups -OCH3 is 2. The molecule has 10 nitrogen and oxygen atoms in total. The first-order chi connectivity index (χ1) is 17.5. The number of esters is 1. The van der Waals surface area contributed by atoms with E-state index >= 15 is 0 Å². The first kappa shape index (κ1) is 27.1. The van der Waals surface area contributed by atoms with Gasteiger partial charge in [-0.2, -0.15) is 8.78 Å². The van der Waals surface area contributed by atoms with Gasteiger partial charge in [0, 0.05) is 28.7 Å². The minimum Gasteiger partial charge on any atom is -0.493 e. The summed E-state index contributed by atoms with van der Waals surface area (Å²) in [6, 6.07) is 9.63. The summed E-state index contributed by atoms with van der Waals surface area (Å²) in [6.45, 7) is 1.83. The zero-order chi connectivity index (χ0) is 27.4. The summed E-state index contributed by atoms with van der Waals surface area (Å²) in [5, 5.41) is 11.5. The number of halogens is 2. The maximum Gasteiger partial charge on any atom is 0.387 e. The molecule has 1 unspecified atom stereocenters. The number of ketones is 1. The van der Waals surface area contributed by atoms with Gasteiger partial charge >= 0.3 is 12.6 Å². The molecular formula is C25H24F2N2O8. The number of carbonyl (C=O) groups excluding carboxylic acids is 2. The van der Waals surface area contributed by atoms with Crippen LogP contribution >= 0.6 is 0 Å². The van der Waals surface area contributed by atoms with Gasteiger partial charge in [-0.15, -0.1) is 0 Å². The van der Waals surface area contributed by atoms with Crippen LogP contribution in [0, 0.1) is 24.0 Å². The molecule has 3 rings (SSSR count). The van der Waals surface area contributed by atoms with E-state index in [2.05, 4.69) is 4.74 Å². The Morgan fingerprint density at radius 1 is 0.973 bits per heavy atom. The van der Waals surface area contributed by atoms with Crippen molar-refractivity contribution in [3.05, 3.63) is 75.1 Å². The number of aryl methyl sites for hydroxylation is 1. The molecule has 0 spiro atoms. The molecule has 0 amide bonds. The number of ether oxygens (including phenoxy) is 4. The highest BCUT2D eigenvalue weighted by Crippen LogP contribution is 2.35. The van der Waals surface area contributed by atoms with Gasteiger partial charge in [-0.1, -0.05) is 0 Å². The van der Waals surface area contributed by atoms with E-state index < -0.39 is 40.6 Å². The van der Waals surface area contributed by atoms with Gasteiger partial charge in [-0.05, 0) is 51.1 Å². The monoisotopic (exact) mass is 518 g/mol. The van der Waals surface area contributed by atoms with Crippen LogP contribution in [0.4, 0.5) is 14.5 Å². The first-order valence-corrected chi connectivity index (χ1v) is 10.9. The average molecular weight is 518 g/mol. The molecule has 0 saturated carbocycles. The zero-order valence-electron chi connectivity index (χ0n) is 20.6. The molecule has 2 aromatic carbocycles. The lowest BCUT2D eigenvalue weighted by Gasteiger charge is -2.15. The van der Waals surface area contributed by atoms with Gasteiger partial charge in [0.15, 0.2) is 17.6 Å². The third kappa shape index (κ3) is 5.68. The molecule has 0 aliphatic carbocycles. The number of Topliss-reactive ketones (excluding diaryl/α,β-unsaturated/α-hetero) is 1. The normalized spacial score (nSPS) is 11.7. The van der Waals surface area contributed by atoms with Gasteiger partial charge in [0.2, 0.25) is 5.78 Å². The highest BCUT2D eigenvalue weighted by atomic mass is 19.3. The molecule has 0 radical (unpaired) electrons. The van der Waals surface area contributed by atoms with Gasteiger partial charge in [-0.3, -0.25) is 14.9 Å². The molecule has 0 saturated heterocycles. The van der Waals surface area contributed by atoms with Crippen LogP contribution in [0.1, 0.15) is 39.0 Å². The van der Waals surface area contributed by atoms with E-state index in [0.717, 1.165) is 12.1 Å². The number of hydrogen-bond donors (Lipinski definition) is 0. The first-order valence-electron chi connectivity index (χ1n) is 10.9. The second kappa shape index (κ2) is 11.1. The van der Waals surface area contributed by atoms with Crippen LogP contribution in [0.2, 0.25) is 0 Å². The van der Waals surface area contributed by atoms with Crippen molar-refractivity contribution in [3.63, 3.8) is 0 Å². The molecule has 3 aromatic rings. The lowest BCUT2D eigenvalue weighted by Crippen LogP contribution is -2.25. The van der Waals surface area contributed by atoms with Crippen LogP contribution in [0.15, 0.2) is 42.5 Å². The number of nitrogens with zero attached hydrogens (tertiary/aromatic N) is 2. The average Bonchev–Trinajstić information content (AvgIpc) is 3.16. The number of benzene rings is 2. The largest absolute Gasteiger partial charge is 0.493 e. The fourth-order valence-corrected chi connectivity index (χ4v) is 3.87. The lowest BCUT2D eigenvalue weighted by atomic mass is 10.1. The summed E-state index contributed by atoms with van der Waals surface area (Å²) in [5.41, 5.74) is 1.06. The van der Waals surface area contributed by atoms with Crippen molar-refractivity contribution in [2.75, 3.05) is 14.2 Å². The van der Waals surface area contributed by atoms with Gasteiger partial charge < -0.3 is 23.5 Å². The van der Waals surface area contributed by atoms with Crippen LogP contribution in [0.25, 0.3) is 5.69 Å². The van der Waals surface area contributed by atoms with Crippen molar-refractivity contribution < 1.29 is 42.2 Å². The van der Waals surface area contributed by atoms with Crippen molar-refractivity contribution in [3.8, 4) is 22.9 Å². The highest BCUT2D eigenvalue weighted by molar-refractivity contribution is 6.03. The number of hydrogen-bond acceptors (Lipinski definition) is 8. The predicted octanol–water partition coefficient (Wildman–Crippen LogP) is 5.05. The molecule has 0 aliphatic rings. The number of rotatable bonds is 10. The van der Waals surface area contributed by atoms with E-state index in [1.807, 2.05) is 0 Å². The summed E-state index contributed by atoms with van der Waals surface area (Å²) in [7, 11) is 2.60. The smallest absolute Gasteiger partial charge is 0.387 e. The Balaban J connectivity index is 1.86. The molecular weight excluding hydrogens is 494 g/mol. The molecule has 12 heteroatoms. The Kier molecular flexibility index (Phi) is 8.11. The third-order valence-corrected chi connectivity index (χ3v) is 5.59. The zero-order valence-corrected chi connectivity index (χ0v) is 20.6. The Morgan fingerprint density at radius 2 is 1.57 bits per heavy atom. The molecule has 0 aliphatic heterocycles. The van der Waals surface area contributed by atoms with E-state index in [1.54, 1.807) is 36.6 Å². The predicted molar refractivity (Wildman–Crippen MR) is 127 cm³/mol. The standard InChI is InChI=1S/C25H24F2N2O8/c1-13-10-18(14(2)28(13)16-6-8-17(9-7-16)37-25(26)27)23(30)15(3)36-24(31)19-11-21(34-4)22(35-5)12-20(19)29(32)33/h6-12,15,25H,1-5H3. The summed E-state index contributed by atoms with van der Waals surface area (Å²) >= 11 is 0. The number of carbonyl (C=O) groups is 2. The second-order valence-corrected chi connectivity index (χ2v) is 7.89. The Labute approximate surface area is 210 Å². The third-order valence-electron chi connectivity index (χ3n) is 5.59. The minimum atomic E-state index is -2.95. The SMILES string of the molecule is COc1cc(C(=O)OC(C)C(=O)c2cc(C)n(-c3ccc(OC(F)F)cc3)c2C)c([N+](=O)[O-])cc1OC. The Hall–Kier alpha value is -4.48. The number of aromatic nitrogens is 1. The van der Waals surface area contributed by atoms with E-state index in [4.69, 9.17) is 14.2 Å². The number of nitro benzene ring substituents is 1. The molecule has 0 N–H and O–H groups in total. The molecule has 0 fully saturated rings. The quantitative estimate of drug-likeness (QED) is 0.158. The van der Waals surface area contributed by atoms with Crippen molar-refractivity contribution in [1.29, 1.82) is 0 Å². The highest BCUT2D eigenvalue weighted by Gasteiger charge is 2.30. The van der Waals surface area contributed by atoms with Crippen molar-refractivity contribution in [1.82, 2.24) is 4.57 Å². The molecule has 1 aromatic heterocycles. The summed E-state index contributed by atoms with van der Waals surface area (Å²) in [6.07, 6.45) is -1.28. The molecule has 37 heavy (non-hydrogen) atoms. The van der Waals surface area contributed by atoms with E-state index in [1.165, 1.54) is 33.3 Å². The van der Waals surface area contributed by atoms with Gasteiger partial charge in [0.25, 0.3) is 5.69 Å². The summed E-state index contributed by atoms with van der Waals surface area (Å²) < 4.78 is 46.4. The maximum absolute atomic E-state index is 13.2. The second-order valence-electron chi connectivity index (χ2n) is 7.89.